The second kappa shape index (κ2) is 10.9. The van der Waals surface area contributed by atoms with Crippen molar-refractivity contribution in [3.8, 4) is 11.5 Å². The molecule has 2 aromatic rings. The van der Waals surface area contributed by atoms with Crippen molar-refractivity contribution in [2.75, 3.05) is 13.1 Å². The highest BCUT2D eigenvalue weighted by Crippen LogP contribution is 2.27. The van der Waals surface area contributed by atoms with Gasteiger partial charge in [0.05, 0.1) is 15.5 Å². The molecular weight excluding hydrogens is 502 g/mol. The van der Waals surface area contributed by atoms with Crippen molar-refractivity contribution in [3.05, 3.63) is 57.5 Å². The Balaban J connectivity index is 0.000000313. The maximum absolute atomic E-state index is 12.1. The van der Waals surface area contributed by atoms with Gasteiger partial charge in [0.2, 0.25) is 0 Å². The molecule has 0 spiro atoms. The lowest BCUT2D eigenvalue weighted by Crippen LogP contribution is -2.46. The molecule has 3 rings (SSSR count). The van der Waals surface area contributed by atoms with Gasteiger partial charge >= 0.3 is 6.09 Å². The summed E-state index contributed by atoms with van der Waals surface area (Å²) in [5.41, 5.74) is -0.465. The molecule has 158 valence electrons. The van der Waals surface area contributed by atoms with Gasteiger partial charge in [0.1, 0.15) is 23.2 Å². The van der Waals surface area contributed by atoms with Crippen molar-refractivity contribution in [2.45, 2.75) is 45.3 Å². The fraction of sp³-hybridized carbons (Fsp3) is 0.409. The Morgan fingerprint density at radius 1 is 1.07 bits per heavy atom. The normalized spacial score (nSPS) is 16.4. The predicted molar refractivity (Wildman–Crippen MR) is 121 cm³/mol. The Morgan fingerprint density at radius 3 is 2.24 bits per heavy atom. The maximum Gasteiger partial charge on any atom is 0.410 e. The van der Waals surface area contributed by atoms with Crippen LogP contribution in [0.15, 0.2) is 57.5 Å². The number of aromatic hydroxyl groups is 1. The highest BCUT2D eigenvalue weighted by molar-refractivity contribution is 9.10. The van der Waals surface area contributed by atoms with Crippen molar-refractivity contribution in [2.24, 2.45) is 0 Å². The molecule has 0 saturated carbocycles. The van der Waals surface area contributed by atoms with E-state index in [1.165, 1.54) is 0 Å². The molecular formula is C22H27Br2NO4. The number of carbonyl (C=O) groups is 1. The van der Waals surface area contributed by atoms with E-state index in [2.05, 4.69) is 31.9 Å². The fourth-order valence-electron chi connectivity index (χ4n) is 2.70. The van der Waals surface area contributed by atoms with E-state index < -0.39 is 5.60 Å². The van der Waals surface area contributed by atoms with Gasteiger partial charge < -0.3 is 19.5 Å². The topological polar surface area (TPSA) is 59.0 Å². The molecule has 1 N–H and O–H groups in total. The number of phenolic OH excluding ortho intramolecular Hbond substituents is 1. The molecule has 0 bridgehead atoms. The Morgan fingerprint density at radius 2 is 1.69 bits per heavy atom. The number of rotatable bonds is 2. The average molecular weight is 529 g/mol. The van der Waals surface area contributed by atoms with Crippen LogP contribution in [0, 0.1) is 0 Å². The standard InChI is InChI=1S/C16H22BrNO3.C6H5BrO/c1-16(2,3)21-15(19)18-10-6-7-12(11-18)20-14-9-5-4-8-13(14)17;7-5-3-1-2-4-6(5)8/h4-5,8-9,12H,6-7,10-11H2,1-3H3;1-4,8H. The van der Waals surface area contributed by atoms with Crippen molar-refractivity contribution in [1.29, 1.82) is 0 Å². The monoisotopic (exact) mass is 527 g/mol. The Bertz CT molecular complexity index is 786. The van der Waals surface area contributed by atoms with Gasteiger partial charge in [-0.25, -0.2) is 4.79 Å². The molecule has 1 unspecified atom stereocenters. The Labute approximate surface area is 189 Å². The van der Waals surface area contributed by atoms with Gasteiger partial charge in [-0.05, 0) is 89.7 Å². The minimum absolute atomic E-state index is 0.00460. The van der Waals surface area contributed by atoms with Crippen LogP contribution in [0.5, 0.6) is 11.5 Å². The van der Waals surface area contributed by atoms with Gasteiger partial charge in [0.15, 0.2) is 0 Å². The van der Waals surface area contributed by atoms with Crippen LogP contribution < -0.4 is 4.74 Å². The van der Waals surface area contributed by atoms with E-state index in [4.69, 9.17) is 14.6 Å². The van der Waals surface area contributed by atoms with Crippen LogP contribution in [0.4, 0.5) is 4.79 Å². The second-order valence-corrected chi connectivity index (χ2v) is 9.40. The summed E-state index contributed by atoms with van der Waals surface area (Å²) in [4.78, 5) is 13.8. The first-order chi connectivity index (χ1) is 13.7. The zero-order chi connectivity index (χ0) is 21.4. The SMILES string of the molecule is CC(C)(C)OC(=O)N1CCCC(Oc2ccccc2Br)C1.Oc1ccccc1Br. The van der Waals surface area contributed by atoms with Gasteiger partial charge in [0.25, 0.3) is 0 Å². The molecule has 2 aromatic carbocycles. The van der Waals surface area contributed by atoms with Crippen LogP contribution in [0.3, 0.4) is 0 Å². The Kier molecular flexibility index (Phi) is 8.83. The van der Waals surface area contributed by atoms with E-state index in [0.29, 0.717) is 6.54 Å². The molecule has 1 aliphatic heterocycles. The maximum atomic E-state index is 12.1. The zero-order valence-corrected chi connectivity index (χ0v) is 20.1. The van der Waals surface area contributed by atoms with Gasteiger partial charge in [-0.2, -0.15) is 0 Å². The van der Waals surface area contributed by atoms with Gasteiger partial charge in [-0.15, -0.1) is 0 Å². The third-order valence-corrected chi connectivity index (χ3v) is 5.34. The van der Waals surface area contributed by atoms with E-state index in [1.807, 2.05) is 51.1 Å². The number of hydrogen-bond donors (Lipinski definition) is 1. The molecule has 1 atom stereocenters. The van der Waals surface area contributed by atoms with Crippen LogP contribution in [0.25, 0.3) is 0 Å². The molecule has 1 saturated heterocycles. The van der Waals surface area contributed by atoms with E-state index in [9.17, 15) is 4.79 Å². The minimum Gasteiger partial charge on any atom is -0.507 e. The fourth-order valence-corrected chi connectivity index (χ4v) is 3.36. The van der Waals surface area contributed by atoms with Crippen molar-refractivity contribution < 1.29 is 19.4 Å². The number of amides is 1. The number of para-hydroxylation sites is 2. The van der Waals surface area contributed by atoms with Crippen molar-refractivity contribution in [1.82, 2.24) is 4.90 Å². The molecule has 7 heteroatoms. The van der Waals surface area contributed by atoms with Crippen molar-refractivity contribution in [3.63, 3.8) is 0 Å². The highest BCUT2D eigenvalue weighted by atomic mass is 79.9. The Hall–Kier alpha value is -1.73. The largest absolute Gasteiger partial charge is 0.507 e. The van der Waals surface area contributed by atoms with E-state index >= 15 is 0 Å². The first-order valence-corrected chi connectivity index (χ1v) is 11.1. The van der Waals surface area contributed by atoms with Gasteiger partial charge in [-0.3, -0.25) is 0 Å². The van der Waals surface area contributed by atoms with Crippen LogP contribution in [0.1, 0.15) is 33.6 Å². The van der Waals surface area contributed by atoms with Crippen LogP contribution in [-0.4, -0.2) is 40.9 Å². The van der Waals surface area contributed by atoms with E-state index in [-0.39, 0.29) is 17.9 Å². The smallest absolute Gasteiger partial charge is 0.410 e. The van der Waals surface area contributed by atoms with Gasteiger partial charge in [0, 0.05) is 6.54 Å². The summed E-state index contributed by atoms with van der Waals surface area (Å²) in [6, 6.07) is 14.8. The van der Waals surface area contributed by atoms with Crippen LogP contribution >= 0.6 is 31.9 Å². The average Bonchev–Trinajstić information content (AvgIpc) is 2.65. The zero-order valence-electron chi connectivity index (χ0n) is 16.9. The number of halogens is 2. The lowest BCUT2D eigenvalue weighted by atomic mass is 10.1. The third kappa shape index (κ3) is 8.26. The summed E-state index contributed by atoms with van der Waals surface area (Å²) >= 11 is 6.62. The number of phenols is 1. The number of benzene rings is 2. The van der Waals surface area contributed by atoms with E-state index in [0.717, 1.165) is 34.1 Å². The molecule has 1 aliphatic rings. The number of ether oxygens (including phenoxy) is 2. The summed E-state index contributed by atoms with van der Waals surface area (Å²) < 4.78 is 13.1. The number of carbonyl (C=O) groups excluding carboxylic acids is 1. The number of nitrogens with zero attached hydrogens (tertiary/aromatic N) is 1. The number of likely N-dealkylation sites (tertiary alicyclic amines) is 1. The molecule has 0 radical (unpaired) electrons. The summed E-state index contributed by atoms with van der Waals surface area (Å²) in [6.45, 7) is 6.93. The molecule has 1 fully saturated rings. The summed E-state index contributed by atoms with van der Waals surface area (Å²) in [5, 5.41) is 8.87. The number of hydrogen-bond acceptors (Lipinski definition) is 4. The highest BCUT2D eigenvalue weighted by Gasteiger charge is 2.28. The lowest BCUT2D eigenvalue weighted by molar-refractivity contribution is 0.00767. The van der Waals surface area contributed by atoms with Crippen LogP contribution in [0.2, 0.25) is 0 Å². The van der Waals surface area contributed by atoms with Crippen molar-refractivity contribution >= 4 is 38.0 Å². The summed E-state index contributed by atoms with van der Waals surface area (Å²) in [5.74, 6) is 1.10. The van der Waals surface area contributed by atoms with Gasteiger partial charge in [-0.1, -0.05) is 24.3 Å². The van der Waals surface area contributed by atoms with E-state index in [1.54, 1.807) is 23.1 Å². The summed E-state index contributed by atoms with van der Waals surface area (Å²) in [7, 11) is 0. The molecule has 5 nitrogen and oxygen atoms in total. The molecule has 0 aromatic heterocycles. The quantitative estimate of drug-likeness (QED) is 0.491. The molecule has 1 amide bonds. The predicted octanol–water partition coefficient (Wildman–Crippen LogP) is 6.38. The third-order valence-electron chi connectivity index (χ3n) is 4.01. The second-order valence-electron chi connectivity index (χ2n) is 7.69. The first kappa shape index (κ1) is 23.5. The number of piperidine rings is 1. The lowest BCUT2D eigenvalue weighted by Gasteiger charge is -2.34. The minimum atomic E-state index is -0.465. The summed E-state index contributed by atoms with van der Waals surface area (Å²) in [6.07, 6.45) is 1.61. The first-order valence-electron chi connectivity index (χ1n) is 9.48. The molecule has 0 aliphatic carbocycles. The van der Waals surface area contributed by atoms with Crippen LogP contribution in [-0.2, 0) is 4.74 Å². The molecule has 29 heavy (non-hydrogen) atoms. The molecule has 1 heterocycles.